The van der Waals surface area contributed by atoms with Gasteiger partial charge in [0.15, 0.2) is 5.78 Å². The zero-order valence-corrected chi connectivity index (χ0v) is 12.2. The number of aromatic hydroxyl groups is 1. The van der Waals surface area contributed by atoms with Crippen LogP contribution in [0.25, 0.3) is 0 Å². The third-order valence-electron chi connectivity index (χ3n) is 2.98. The van der Waals surface area contributed by atoms with Crippen LogP contribution in [0.4, 0.5) is 0 Å². The summed E-state index contributed by atoms with van der Waals surface area (Å²) in [5, 5.41) is 19.2. The minimum Gasteiger partial charge on any atom is -0.511 e. The lowest BCUT2D eigenvalue weighted by molar-refractivity contribution is -0.120. The van der Waals surface area contributed by atoms with Gasteiger partial charge in [0.2, 0.25) is 0 Å². The molecule has 1 aliphatic rings. The van der Waals surface area contributed by atoms with Crippen molar-refractivity contribution in [3.63, 3.8) is 0 Å². The number of benzene rings is 1. The molecule has 1 aromatic carbocycles. The summed E-state index contributed by atoms with van der Waals surface area (Å²) in [5.41, 5.74) is 0.321. The highest BCUT2D eigenvalue weighted by molar-refractivity contribution is 7.50. The molecular formula is C14H14NO6P. The monoisotopic (exact) mass is 323 g/mol. The van der Waals surface area contributed by atoms with E-state index in [0.29, 0.717) is 5.56 Å². The first-order valence-electron chi connectivity index (χ1n) is 6.30. The maximum Gasteiger partial charge on any atom is 0.448 e. The number of rotatable bonds is 4. The Morgan fingerprint density at radius 3 is 2.64 bits per heavy atom. The lowest BCUT2D eigenvalue weighted by Gasteiger charge is -2.18. The van der Waals surface area contributed by atoms with E-state index < -0.39 is 19.4 Å². The van der Waals surface area contributed by atoms with Crippen molar-refractivity contribution in [3.8, 4) is 5.75 Å². The Kier molecular flexibility index (Phi) is 4.61. The highest BCUT2D eigenvalue weighted by atomic mass is 31.2. The van der Waals surface area contributed by atoms with Crippen LogP contribution in [-0.2, 0) is 15.8 Å². The summed E-state index contributed by atoms with van der Waals surface area (Å²) in [6, 6.07) is 6.04. The minimum atomic E-state index is -4.72. The SMILES string of the molecule is O=C(Cc1cccc(O)c1)C1C(O)=CC=CC1=NP(=O)(O)O. The molecule has 0 aromatic heterocycles. The largest absolute Gasteiger partial charge is 0.511 e. The lowest BCUT2D eigenvalue weighted by atomic mass is 9.89. The molecule has 116 valence electrons. The van der Waals surface area contributed by atoms with Gasteiger partial charge in [-0.25, -0.2) is 4.57 Å². The van der Waals surface area contributed by atoms with Gasteiger partial charge >= 0.3 is 7.75 Å². The fourth-order valence-corrected chi connectivity index (χ4v) is 2.61. The molecule has 1 unspecified atom stereocenters. The van der Waals surface area contributed by atoms with Gasteiger partial charge in [0, 0.05) is 6.42 Å². The van der Waals surface area contributed by atoms with Crippen LogP contribution in [0.1, 0.15) is 5.56 Å². The molecule has 0 radical (unpaired) electrons. The molecule has 0 bridgehead atoms. The summed E-state index contributed by atoms with van der Waals surface area (Å²) in [5.74, 6) is -2.06. The first kappa shape index (κ1) is 16.2. The molecule has 0 aliphatic heterocycles. The number of phenols is 1. The van der Waals surface area contributed by atoms with Crippen LogP contribution < -0.4 is 0 Å². The highest BCUT2D eigenvalue weighted by Crippen LogP contribution is 2.38. The van der Waals surface area contributed by atoms with Gasteiger partial charge in [0.25, 0.3) is 0 Å². The number of carbonyl (C=O) groups is 1. The fourth-order valence-electron chi connectivity index (χ4n) is 2.13. The fraction of sp³-hybridized carbons (Fsp3) is 0.143. The third-order valence-corrected chi connectivity index (χ3v) is 3.47. The molecule has 1 aromatic rings. The second-order valence-corrected chi connectivity index (χ2v) is 5.96. The molecule has 1 atom stereocenters. The first-order valence-corrected chi connectivity index (χ1v) is 7.86. The number of ketones is 1. The van der Waals surface area contributed by atoms with Crippen molar-refractivity contribution in [1.29, 1.82) is 0 Å². The molecule has 4 N–H and O–H groups in total. The van der Waals surface area contributed by atoms with Gasteiger partial charge < -0.3 is 20.0 Å². The molecule has 0 heterocycles. The number of carbonyl (C=O) groups excluding carboxylic acids is 1. The maximum atomic E-state index is 12.3. The van der Waals surface area contributed by atoms with E-state index in [1.54, 1.807) is 12.1 Å². The van der Waals surface area contributed by atoms with Crippen LogP contribution >= 0.6 is 7.75 Å². The van der Waals surface area contributed by atoms with E-state index in [0.717, 1.165) is 0 Å². The Bertz CT molecular complexity index is 731. The Balaban J connectivity index is 2.29. The molecule has 1 aliphatic carbocycles. The van der Waals surface area contributed by atoms with Crippen molar-refractivity contribution in [2.75, 3.05) is 0 Å². The topological polar surface area (TPSA) is 127 Å². The number of nitrogens with zero attached hydrogens (tertiary/aromatic N) is 1. The lowest BCUT2D eigenvalue weighted by Crippen LogP contribution is -2.28. The Morgan fingerprint density at radius 1 is 1.27 bits per heavy atom. The predicted octanol–water partition coefficient (Wildman–Crippen LogP) is 1.67. The van der Waals surface area contributed by atoms with Gasteiger partial charge in [-0.15, -0.1) is 0 Å². The van der Waals surface area contributed by atoms with Crippen LogP contribution in [0.2, 0.25) is 0 Å². The minimum absolute atomic E-state index is 0.00212. The molecule has 22 heavy (non-hydrogen) atoms. The van der Waals surface area contributed by atoms with Crippen molar-refractivity contribution in [2.24, 2.45) is 10.7 Å². The average molecular weight is 323 g/mol. The van der Waals surface area contributed by atoms with Crippen molar-refractivity contribution >= 4 is 19.2 Å². The van der Waals surface area contributed by atoms with Crippen LogP contribution in [0.3, 0.4) is 0 Å². The first-order chi connectivity index (χ1) is 10.3. The number of aliphatic hydroxyl groups excluding tert-OH is 1. The van der Waals surface area contributed by atoms with Gasteiger partial charge in [0.05, 0.1) is 5.71 Å². The second-order valence-electron chi connectivity index (χ2n) is 4.73. The third kappa shape index (κ3) is 4.14. The molecule has 0 amide bonds. The highest BCUT2D eigenvalue weighted by Gasteiger charge is 2.30. The van der Waals surface area contributed by atoms with Crippen molar-refractivity contribution in [1.82, 2.24) is 0 Å². The second kappa shape index (κ2) is 6.27. The van der Waals surface area contributed by atoms with E-state index in [2.05, 4.69) is 4.76 Å². The van der Waals surface area contributed by atoms with E-state index in [1.807, 2.05) is 0 Å². The number of Topliss-reactive ketones (excluding diaryl/α,β-unsaturated/α-hetero) is 1. The summed E-state index contributed by atoms with van der Waals surface area (Å²) in [6.45, 7) is 0. The number of phenolic OH excluding ortho intramolecular Hbond substituents is 1. The Morgan fingerprint density at radius 2 is 2.00 bits per heavy atom. The molecular weight excluding hydrogens is 309 g/mol. The molecule has 0 spiro atoms. The predicted molar refractivity (Wildman–Crippen MR) is 79.6 cm³/mol. The zero-order chi connectivity index (χ0) is 16.3. The van der Waals surface area contributed by atoms with Gasteiger partial charge in [-0.3, -0.25) is 4.79 Å². The van der Waals surface area contributed by atoms with Crippen molar-refractivity contribution in [3.05, 3.63) is 53.8 Å². The van der Waals surface area contributed by atoms with Crippen molar-refractivity contribution < 1.29 is 29.4 Å². The summed E-state index contributed by atoms with van der Waals surface area (Å²) >= 11 is 0. The van der Waals surface area contributed by atoms with Gasteiger partial charge in [-0.05, 0) is 29.8 Å². The molecule has 0 fully saturated rings. The van der Waals surface area contributed by atoms with E-state index in [9.17, 15) is 19.6 Å². The number of hydrogen-bond acceptors (Lipinski definition) is 4. The number of allylic oxidation sites excluding steroid dienone is 4. The van der Waals surface area contributed by atoms with Crippen LogP contribution in [0.5, 0.6) is 5.75 Å². The maximum absolute atomic E-state index is 12.3. The number of hydrogen-bond donors (Lipinski definition) is 4. The van der Waals surface area contributed by atoms with E-state index in [1.165, 1.54) is 30.4 Å². The van der Waals surface area contributed by atoms with Crippen LogP contribution in [0, 0.1) is 5.92 Å². The normalized spacial score (nSPS) is 20.0. The standard InChI is InChI=1S/C14H14NO6P/c16-10-4-1-3-9(7-10)8-13(18)14-11(15-22(19,20)21)5-2-6-12(14)17/h1-7,14,16-17H,8H2,(H2,19,20,21). The van der Waals surface area contributed by atoms with Crippen molar-refractivity contribution in [2.45, 2.75) is 6.42 Å². The quantitative estimate of drug-likeness (QED) is 0.624. The summed E-state index contributed by atoms with van der Waals surface area (Å²) in [7, 11) is -4.72. The molecule has 8 heteroatoms. The van der Waals surface area contributed by atoms with Gasteiger partial charge in [-0.1, -0.05) is 18.2 Å². The van der Waals surface area contributed by atoms with Crippen LogP contribution in [-0.4, -0.2) is 31.5 Å². The van der Waals surface area contributed by atoms with E-state index >= 15 is 0 Å². The molecule has 2 rings (SSSR count). The van der Waals surface area contributed by atoms with E-state index in [4.69, 9.17) is 9.79 Å². The number of aliphatic hydroxyl groups is 1. The summed E-state index contributed by atoms with van der Waals surface area (Å²) in [4.78, 5) is 30.2. The zero-order valence-electron chi connectivity index (χ0n) is 11.3. The van der Waals surface area contributed by atoms with Gasteiger partial charge in [-0.2, -0.15) is 4.76 Å². The summed E-state index contributed by atoms with van der Waals surface area (Å²) in [6.07, 6.45) is 3.76. The Labute approximate surface area is 126 Å². The molecule has 0 saturated carbocycles. The smallest absolute Gasteiger partial charge is 0.448 e. The van der Waals surface area contributed by atoms with E-state index in [-0.39, 0.29) is 23.6 Å². The molecule has 0 saturated heterocycles. The summed E-state index contributed by atoms with van der Waals surface area (Å²) < 4.78 is 14.2. The Hall–Kier alpha value is -2.21. The van der Waals surface area contributed by atoms with Gasteiger partial charge in [0.1, 0.15) is 17.4 Å². The molecule has 7 nitrogen and oxygen atoms in total. The van der Waals surface area contributed by atoms with Crippen LogP contribution in [0.15, 0.2) is 53.0 Å². The average Bonchev–Trinajstić information content (AvgIpc) is 2.36.